The van der Waals surface area contributed by atoms with Gasteiger partial charge in [-0.05, 0) is 5.56 Å². The molecule has 0 aliphatic carbocycles. The van der Waals surface area contributed by atoms with Gasteiger partial charge in [0.1, 0.15) is 0 Å². The Morgan fingerprint density at radius 3 is 2.33 bits per heavy atom. The van der Waals surface area contributed by atoms with Crippen molar-refractivity contribution in [3.8, 4) is 0 Å². The van der Waals surface area contributed by atoms with E-state index in [4.69, 9.17) is 16.7 Å². The number of oxime groups is 1. The molecule has 0 spiro atoms. The molecule has 0 radical (unpaired) electrons. The summed E-state index contributed by atoms with van der Waals surface area (Å²) in [7, 11) is 0. The number of amides is 2. The fourth-order valence-corrected chi connectivity index (χ4v) is 1.28. The highest BCUT2D eigenvalue weighted by molar-refractivity contribution is 5.97. The Hall–Kier alpha value is -2.57. The van der Waals surface area contributed by atoms with E-state index in [1.165, 1.54) is 0 Å². The van der Waals surface area contributed by atoms with Crippen LogP contribution < -0.4 is 16.8 Å². The Bertz CT molecular complexity index is 468. The summed E-state index contributed by atoms with van der Waals surface area (Å²) in [6, 6.07) is 6.62. The van der Waals surface area contributed by atoms with Crippen molar-refractivity contribution in [2.45, 2.75) is 6.42 Å². The van der Waals surface area contributed by atoms with E-state index in [1.54, 1.807) is 24.3 Å². The lowest BCUT2D eigenvalue weighted by atomic mass is 10.1. The van der Waals surface area contributed by atoms with Crippen molar-refractivity contribution in [3.05, 3.63) is 35.4 Å². The molecular formula is C11H14N4O3. The molecule has 0 aliphatic rings. The molecular weight excluding hydrogens is 236 g/mol. The highest BCUT2D eigenvalue weighted by atomic mass is 16.4. The number of amidine groups is 1. The van der Waals surface area contributed by atoms with Crippen LogP contribution in [-0.4, -0.2) is 29.4 Å². The third-order valence-corrected chi connectivity index (χ3v) is 2.18. The molecule has 7 heteroatoms. The van der Waals surface area contributed by atoms with Gasteiger partial charge < -0.3 is 22.0 Å². The predicted molar refractivity (Wildman–Crippen MR) is 64.9 cm³/mol. The van der Waals surface area contributed by atoms with E-state index in [2.05, 4.69) is 10.5 Å². The molecule has 0 fully saturated rings. The Morgan fingerprint density at radius 1 is 1.22 bits per heavy atom. The molecule has 0 bridgehead atoms. The maximum absolute atomic E-state index is 11.4. The van der Waals surface area contributed by atoms with Crippen LogP contribution in [0.4, 0.5) is 0 Å². The first-order valence-electron chi connectivity index (χ1n) is 5.14. The van der Waals surface area contributed by atoms with Gasteiger partial charge >= 0.3 is 0 Å². The number of rotatable bonds is 5. The summed E-state index contributed by atoms with van der Waals surface area (Å²) in [5.74, 6) is -0.893. The number of nitrogens with two attached hydrogens (primary N) is 2. The van der Waals surface area contributed by atoms with E-state index in [9.17, 15) is 9.59 Å². The summed E-state index contributed by atoms with van der Waals surface area (Å²) < 4.78 is 0. The first kappa shape index (κ1) is 13.5. The average Bonchev–Trinajstić information content (AvgIpc) is 2.36. The summed E-state index contributed by atoms with van der Waals surface area (Å²) in [6.45, 7) is -0.180. The Balaban J connectivity index is 2.58. The van der Waals surface area contributed by atoms with Gasteiger partial charge in [-0.15, -0.1) is 0 Å². The normalized spacial score (nSPS) is 11.0. The maximum Gasteiger partial charge on any atom is 0.236 e. The Kier molecular flexibility index (Phi) is 4.67. The second-order valence-electron chi connectivity index (χ2n) is 3.60. The first-order valence-corrected chi connectivity index (χ1v) is 5.14. The summed E-state index contributed by atoms with van der Waals surface area (Å²) in [5.41, 5.74) is 11.6. The molecule has 0 aliphatic heterocycles. The minimum absolute atomic E-state index is 0.000250. The van der Waals surface area contributed by atoms with E-state index in [0.717, 1.165) is 5.56 Å². The van der Waals surface area contributed by atoms with Gasteiger partial charge in [-0.25, -0.2) is 0 Å². The van der Waals surface area contributed by atoms with Gasteiger partial charge in [0.15, 0.2) is 5.84 Å². The molecule has 6 N–H and O–H groups in total. The van der Waals surface area contributed by atoms with E-state index in [0.29, 0.717) is 5.56 Å². The van der Waals surface area contributed by atoms with Crippen molar-refractivity contribution in [2.24, 2.45) is 16.6 Å². The lowest BCUT2D eigenvalue weighted by Gasteiger charge is -2.04. The van der Waals surface area contributed by atoms with Crippen LogP contribution in [0.2, 0.25) is 0 Å². The number of carbonyl (C=O) groups is 2. The Labute approximate surface area is 103 Å². The van der Waals surface area contributed by atoms with E-state index in [-0.39, 0.29) is 24.7 Å². The molecule has 18 heavy (non-hydrogen) atoms. The third kappa shape index (κ3) is 4.12. The van der Waals surface area contributed by atoms with Crippen molar-refractivity contribution >= 4 is 17.6 Å². The van der Waals surface area contributed by atoms with Gasteiger partial charge in [0.25, 0.3) is 0 Å². The fraction of sp³-hybridized carbons (Fsp3) is 0.182. The highest BCUT2D eigenvalue weighted by Crippen LogP contribution is 2.05. The van der Waals surface area contributed by atoms with E-state index >= 15 is 0 Å². The lowest BCUT2D eigenvalue weighted by Crippen LogP contribution is -2.34. The number of primary amides is 1. The van der Waals surface area contributed by atoms with Gasteiger partial charge in [0.2, 0.25) is 11.8 Å². The zero-order valence-electron chi connectivity index (χ0n) is 9.59. The van der Waals surface area contributed by atoms with E-state index < -0.39 is 5.91 Å². The lowest BCUT2D eigenvalue weighted by molar-refractivity contribution is -0.124. The molecule has 1 aromatic rings. The quantitative estimate of drug-likeness (QED) is 0.229. The molecule has 0 atom stereocenters. The molecule has 0 heterocycles. The minimum Gasteiger partial charge on any atom is -0.409 e. The standard InChI is InChI=1S/C11H14N4O3/c12-9(16)6-14-10(17)5-7-1-3-8(4-2-7)11(13)15-18/h1-4,18H,5-6H2,(H2,12,16)(H2,13,15)(H,14,17). The molecule has 1 rings (SSSR count). The topological polar surface area (TPSA) is 131 Å². The van der Waals surface area contributed by atoms with Crippen molar-refractivity contribution < 1.29 is 14.8 Å². The van der Waals surface area contributed by atoms with Crippen LogP contribution >= 0.6 is 0 Å². The number of benzene rings is 1. The van der Waals surface area contributed by atoms with Crippen LogP contribution in [0.15, 0.2) is 29.4 Å². The van der Waals surface area contributed by atoms with Gasteiger partial charge in [-0.3, -0.25) is 9.59 Å². The predicted octanol–water partition coefficient (Wildman–Crippen LogP) is -1.07. The van der Waals surface area contributed by atoms with Crippen LogP contribution in [0.3, 0.4) is 0 Å². The highest BCUT2D eigenvalue weighted by Gasteiger charge is 2.05. The molecule has 0 saturated carbocycles. The average molecular weight is 250 g/mol. The molecule has 2 amide bonds. The smallest absolute Gasteiger partial charge is 0.236 e. The van der Waals surface area contributed by atoms with Gasteiger partial charge in [0, 0.05) is 5.56 Å². The number of nitrogens with one attached hydrogen (secondary N) is 1. The van der Waals surface area contributed by atoms with Crippen LogP contribution in [0, 0.1) is 0 Å². The van der Waals surface area contributed by atoms with Gasteiger partial charge in [-0.2, -0.15) is 0 Å². The summed E-state index contributed by atoms with van der Waals surface area (Å²) >= 11 is 0. The van der Waals surface area contributed by atoms with Crippen LogP contribution in [0.25, 0.3) is 0 Å². The van der Waals surface area contributed by atoms with Crippen LogP contribution in [0.1, 0.15) is 11.1 Å². The van der Waals surface area contributed by atoms with Crippen molar-refractivity contribution in [2.75, 3.05) is 6.54 Å². The van der Waals surface area contributed by atoms with Crippen molar-refractivity contribution in [1.29, 1.82) is 0 Å². The molecule has 0 aromatic heterocycles. The molecule has 96 valence electrons. The zero-order valence-corrected chi connectivity index (χ0v) is 9.59. The fourth-order valence-electron chi connectivity index (χ4n) is 1.28. The van der Waals surface area contributed by atoms with E-state index in [1.807, 2.05) is 0 Å². The zero-order chi connectivity index (χ0) is 13.5. The van der Waals surface area contributed by atoms with Crippen molar-refractivity contribution in [1.82, 2.24) is 5.32 Å². The van der Waals surface area contributed by atoms with Crippen molar-refractivity contribution in [3.63, 3.8) is 0 Å². The molecule has 1 aromatic carbocycles. The number of hydrogen-bond donors (Lipinski definition) is 4. The monoisotopic (exact) mass is 250 g/mol. The number of nitrogens with zero attached hydrogens (tertiary/aromatic N) is 1. The number of hydrogen-bond acceptors (Lipinski definition) is 4. The largest absolute Gasteiger partial charge is 0.409 e. The second-order valence-corrected chi connectivity index (χ2v) is 3.60. The van der Waals surface area contributed by atoms with Gasteiger partial charge in [-0.1, -0.05) is 29.4 Å². The Morgan fingerprint density at radius 2 is 1.83 bits per heavy atom. The molecule has 7 nitrogen and oxygen atoms in total. The second kappa shape index (κ2) is 6.24. The van der Waals surface area contributed by atoms with Crippen LogP contribution in [0.5, 0.6) is 0 Å². The number of carbonyl (C=O) groups excluding carboxylic acids is 2. The summed E-state index contributed by atoms with van der Waals surface area (Å²) in [6.07, 6.45) is 0.129. The van der Waals surface area contributed by atoms with Crippen LogP contribution in [-0.2, 0) is 16.0 Å². The van der Waals surface area contributed by atoms with Gasteiger partial charge in [0.05, 0.1) is 13.0 Å². The summed E-state index contributed by atoms with van der Waals surface area (Å²) in [5, 5.41) is 13.7. The minimum atomic E-state index is -0.592. The molecule has 0 unspecified atom stereocenters. The third-order valence-electron chi connectivity index (χ3n) is 2.18. The first-order chi connectivity index (χ1) is 8.52. The summed E-state index contributed by atoms with van der Waals surface area (Å²) in [4.78, 5) is 21.9. The SMILES string of the molecule is NC(=O)CNC(=O)Cc1ccc(C(N)=NO)cc1. The maximum atomic E-state index is 11.4. The molecule has 0 saturated heterocycles.